The van der Waals surface area contributed by atoms with Crippen molar-refractivity contribution in [3.05, 3.63) is 86.3 Å². The van der Waals surface area contributed by atoms with Crippen molar-refractivity contribution in [1.29, 1.82) is 0 Å². The van der Waals surface area contributed by atoms with Gasteiger partial charge in [-0.25, -0.2) is 8.42 Å². The maximum atomic E-state index is 12.8. The molecule has 0 saturated heterocycles. The Labute approximate surface area is 187 Å². The Kier molecular flexibility index (Phi) is 6.61. The molecule has 5 nitrogen and oxygen atoms in total. The highest BCUT2D eigenvalue weighted by Gasteiger charge is 2.21. The molecule has 0 fully saturated rings. The van der Waals surface area contributed by atoms with Gasteiger partial charge in [0.15, 0.2) is 0 Å². The summed E-state index contributed by atoms with van der Waals surface area (Å²) in [5.74, 6) is -0.557. The zero-order valence-electron chi connectivity index (χ0n) is 14.4. The van der Waals surface area contributed by atoms with Crippen LogP contribution in [0.25, 0.3) is 0 Å². The SMILES string of the molecule is O=C(Nc1cc(Cl)cc(Cl)c1)c1ccccc1NS(=O)(=O)c1cc(Cl)ccc1Cl. The van der Waals surface area contributed by atoms with Crippen LogP contribution in [0.2, 0.25) is 20.1 Å². The average Bonchev–Trinajstić information content (AvgIpc) is 2.63. The lowest BCUT2D eigenvalue weighted by molar-refractivity contribution is 0.102. The second-order valence-electron chi connectivity index (χ2n) is 5.84. The highest BCUT2D eigenvalue weighted by molar-refractivity contribution is 7.92. The third-order valence-electron chi connectivity index (χ3n) is 3.72. The molecule has 0 bridgehead atoms. The maximum Gasteiger partial charge on any atom is 0.263 e. The summed E-state index contributed by atoms with van der Waals surface area (Å²) in [6.45, 7) is 0. The molecule has 0 heterocycles. The molecule has 3 rings (SSSR count). The number of nitrogens with one attached hydrogen (secondary N) is 2. The van der Waals surface area contributed by atoms with E-state index < -0.39 is 15.9 Å². The van der Waals surface area contributed by atoms with Crippen LogP contribution in [-0.4, -0.2) is 14.3 Å². The standard InChI is InChI=1S/C19H12Cl4N2O3S/c20-11-5-6-16(23)18(10-11)29(27,28)25-17-4-2-1-3-15(17)19(26)24-14-8-12(21)7-13(22)9-14/h1-10,25H,(H,24,26). The summed E-state index contributed by atoms with van der Waals surface area (Å²) in [4.78, 5) is 12.5. The molecule has 29 heavy (non-hydrogen) atoms. The zero-order valence-corrected chi connectivity index (χ0v) is 18.3. The van der Waals surface area contributed by atoms with Crippen LogP contribution in [0, 0.1) is 0 Å². The smallest absolute Gasteiger partial charge is 0.263 e. The first kappa shape index (κ1) is 21.7. The molecule has 0 atom stereocenters. The number of amides is 1. The second-order valence-corrected chi connectivity index (χ2v) is 9.21. The highest BCUT2D eigenvalue weighted by Crippen LogP contribution is 2.29. The van der Waals surface area contributed by atoms with E-state index >= 15 is 0 Å². The summed E-state index contributed by atoms with van der Waals surface area (Å²) in [5, 5.41) is 3.53. The molecule has 0 saturated carbocycles. The first-order valence-electron chi connectivity index (χ1n) is 8.00. The van der Waals surface area contributed by atoms with Crippen LogP contribution in [0.15, 0.2) is 65.6 Å². The Morgan fingerprint density at radius 3 is 2.14 bits per heavy atom. The van der Waals surface area contributed by atoms with Gasteiger partial charge < -0.3 is 5.32 Å². The lowest BCUT2D eigenvalue weighted by Crippen LogP contribution is -2.19. The van der Waals surface area contributed by atoms with Gasteiger partial charge in [-0.3, -0.25) is 9.52 Å². The van der Waals surface area contributed by atoms with E-state index in [0.29, 0.717) is 15.7 Å². The Balaban J connectivity index is 1.92. The van der Waals surface area contributed by atoms with Gasteiger partial charge in [-0.15, -0.1) is 0 Å². The molecule has 0 aliphatic carbocycles. The van der Waals surface area contributed by atoms with Crippen LogP contribution < -0.4 is 10.0 Å². The van der Waals surface area contributed by atoms with Crippen molar-refractivity contribution in [2.24, 2.45) is 0 Å². The number of hydrogen-bond donors (Lipinski definition) is 2. The molecular weight excluding hydrogens is 478 g/mol. The normalized spacial score (nSPS) is 11.2. The van der Waals surface area contributed by atoms with Crippen LogP contribution >= 0.6 is 46.4 Å². The van der Waals surface area contributed by atoms with Crippen molar-refractivity contribution in [2.45, 2.75) is 4.90 Å². The molecule has 2 N–H and O–H groups in total. The number of rotatable bonds is 5. The molecule has 0 spiro atoms. The summed E-state index contributed by atoms with van der Waals surface area (Å²) in [6.07, 6.45) is 0. The Hall–Kier alpha value is -1.96. The molecule has 0 aromatic heterocycles. The van der Waals surface area contributed by atoms with E-state index in [2.05, 4.69) is 10.0 Å². The van der Waals surface area contributed by atoms with Gasteiger partial charge in [-0.05, 0) is 48.5 Å². The molecule has 10 heteroatoms. The van der Waals surface area contributed by atoms with Gasteiger partial charge in [0.05, 0.1) is 16.3 Å². The number of carbonyl (C=O) groups is 1. The second kappa shape index (κ2) is 8.81. The number of para-hydroxylation sites is 1. The zero-order chi connectivity index (χ0) is 21.2. The Morgan fingerprint density at radius 2 is 1.45 bits per heavy atom. The van der Waals surface area contributed by atoms with Gasteiger partial charge in [0.25, 0.3) is 15.9 Å². The van der Waals surface area contributed by atoms with E-state index in [4.69, 9.17) is 46.4 Å². The number of hydrogen-bond acceptors (Lipinski definition) is 3. The predicted octanol–water partition coefficient (Wildman–Crippen LogP) is 6.35. The van der Waals surface area contributed by atoms with Gasteiger partial charge in [0, 0.05) is 20.8 Å². The number of halogens is 4. The van der Waals surface area contributed by atoms with Crippen LogP contribution in [0.1, 0.15) is 10.4 Å². The van der Waals surface area contributed by atoms with Crippen molar-refractivity contribution in [3.63, 3.8) is 0 Å². The fraction of sp³-hybridized carbons (Fsp3) is 0. The molecule has 0 unspecified atom stereocenters. The summed E-state index contributed by atoms with van der Waals surface area (Å²) in [7, 11) is -4.10. The molecule has 1 amide bonds. The lowest BCUT2D eigenvalue weighted by Gasteiger charge is -2.14. The van der Waals surface area contributed by atoms with Crippen molar-refractivity contribution in [1.82, 2.24) is 0 Å². The van der Waals surface area contributed by atoms with E-state index in [1.807, 2.05) is 0 Å². The lowest BCUT2D eigenvalue weighted by atomic mass is 10.1. The number of benzene rings is 3. The van der Waals surface area contributed by atoms with Crippen molar-refractivity contribution in [3.8, 4) is 0 Å². The fourth-order valence-corrected chi connectivity index (χ4v) is 4.85. The third kappa shape index (κ3) is 5.35. The highest BCUT2D eigenvalue weighted by atomic mass is 35.5. The average molecular weight is 490 g/mol. The summed E-state index contributed by atoms with van der Waals surface area (Å²) < 4.78 is 27.9. The predicted molar refractivity (Wildman–Crippen MR) is 118 cm³/mol. The van der Waals surface area contributed by atoms with Gasteiger partial charge in [0.2, 0.25) is 0 Å². The largest absolute Gasteiger partial charge is 0.322 e. The molecular formula is C19H12Cl4N2O3S. The number of carbonyl (C=O) groups excluding carboxylic acids is 1. The van der Waals surface area contributed by atoms with E-state index in [1.165, 1.54) is 48.5 Å². The molecule has 0 radical (unpaired) electrons. The minimum atomic E-state index is -4.10. The molecule has 3 aromatic carbocycles. The quantitative estimate of drug-likeness (QED) is 0.438. The summed E-state index contributed by atoms with van der Waals surface area (Å²) in [5.41, 5.74) is 0.516. The van der Waals surface area contributed by atoms with E-state index in [9.17, 15) is 13.2 Å². The Bertz CT molecular complexity index is 1180. The van der Waals surface area contributed by atoms with E-state index in [0.717, 1.165) is 0 Å². The van der Waals surface area contributed by atoms with Gasteiger partial charge in [0.1, 0.15) is 4.90 Å². The number of sulfonamides is 1. The van der Waals surface area contributed by atoms with Crippen molar-refractivity contribution in [2.75, 3.05) is 10.0 Å². The van der Waals surface area contributed by atoms with Gasteiger partial charge >= 0.3 is 0 Å². The van der Waals surface area contributed by atoms with Crippen LogP contribution in [0.4, 0.5) is 11.4 Å². The van der Waals surface area contributed by atoms with Crippen LogP contribution in [0.5, 0.6) is 0 Å². The molecule has 0 aliphatic heterocycles. The topological polar surface area (TPSA) is 75.3 Å². The molecule has 150 valence electrons. The summed E-state index contributed by atoms with van der Waals surface area (Å²) >= 11 is 23.8. The monoisotopic (exact) mass is 488 g/mol. The first-order chi connectivity index (χ1) is 13.7. The van der Waals surface area contributed by atoms with Crippen molar-refractivity contribution < 1.29 is 13.2 Å². The minimum Gasteiger partial charge on any atom is -0.322 e. The van der Waals surface area contributed by atoms with Crippen molar-refractivity contribution >= 4 is 73.7 Å². The van der Waals surface area contributed by atoms with E-state index in [1.54, 1.807) is 12.1 Å². The summed E-state index contributed by atoms with van der Waals surface area (Å²) in [6, 6.07) is 14.7. The first-order valence-corrected chi connectivity index (χ1v) is 11.0. The third-order valence-corrected chi connectivity index (χ3v) is 6.24. The van der Waals surface area contributed by atoms with Crippen LogP contribution in [0.3, 0.4) is 0 Å². The van der Waals surface area contributed by atoms with E-state index in [-0.39, 0.29) is 26.2 Å². The van der Waals surface area contributed by atoms with Gasteiger partial charge in [-0.2, -0.15) is 0 Å². The van der Waals surface area contributed by atoms with Gasteiger partial charge in [-0.1, -0.05) is 58.5 Å². The molecule has 0 aliphatic rings. The van der Waals surface area contributed by atoms with Crippen LogP contribution in [-0.2, 0) is 10.0 Å². The number of anilines is 2. The fourth-order valence-electron chi connectivity index (χ4n) is 2.48. The minimum absolute atomic E-state index is 0.00241. The maximum absolute atomic E-state index is 12.8. The Morgan fingerprint density at radius 1 is 0.793 bits per heavy atom. The molecule has 3 aromatic rings.